The van der Waals surface area contributed by atoms with Crippen LogP contribution in [0.3, 0.4) is 0 Å². The highest BCUT2D eigenvalue weighted by molar-refractivity contribution is 5.94. The van der Waals surface area contributed by atoms with E-state index < -0.39 is 0 Å². The molecule has 1 N–H and O–H groups in total. The molecule has 0 spiro atoms. The second-order valence-corrected chi connectivity index (χ2v) is 6.02. The molecule has 1 aliphatic rings. The van der Waals surface area contributed by atoms with Crippen molar-refractivity contribution in [1.82, 2.24) is 24.4 Å². The average molecular weight is 309 g/mol. The number of nitrogens with one attached hydrogen (secondary N) is 1. The number of aryl methyl sites for hydroxylation is 1. The fourth-order valence-corrected chi connectivity index (χ4v) is 3.39. The zero-order chi connectivity index (χ0) is 15.8. The zero-order valence-electron chi connectivity index (χ0n) is 13.1. The molecule has 1 fully saturated rings. The first-order valence-electron chi connectivity index (χ1n) is 7.96. The number of rotatable bonds is 2. The maximum Gasteiger partial charge on any atom is 0.273 e. The number of hydrogen-bond acceptors (Lipinski definition) is 3. The van der Waals surface area contributed by atoms with Gasteiger partial charge in [-0.1, -0.05) is 0 Å². The van der Waals surface area contributed by atoms with E-state index in [9.17, 15) is 4.79 Å². The fraction of sp³-hybridized carbons (Fsp3) is 0.353. The van der Waals surface area contributed by atoms with Crippen LogP contribution in [0.4, 0.5) is 0 Å². The number of piperidine rings is 1. The summed E-state index contributed by atoms with van der Waals surface area (Å²) in [6, 6.07) is 7.89. The molecule has 0 bridgehead atoms. The van der Waals surface area contributed by atoms with Gasteiger partial charge in [-0.25, -0.2) is 9.97 Å². The van der Waals surface area contributed by atoms with Crippen LogP contribution < -0.4 is 0 Å². The number of amides is 1. The summed E-state index contributed by atoms with van der Waals surface area (Å²) in [5.41, 5.74) is 3.08. The van der Waals surface area contributed by atoms with Crippen LogP contribution >= 0.6 is 0 Å². The number of carbonyl (C=O) groups is 1. The zero-order valence-corrected chi connectivity index (χ0v) is 13.1. The Hall–Kier alpha value is -2.63. The highest BCUT2D eigenvalue weighted by atomic mass is 16.2. The number of hydrogen-bond donors (Lipinski definition) is 1. The van der Waals surface area contributed by atoms with Crippen molar-refractivity contribution in [3.05, 3.63) is 48.2 Å². The molecule has 0 aromatic carbocycles. The molecule has 6 nitrogen and oxygen atoms in total. The van der Waals surface area contributed by atoms with E-state index in [2.05, 4.69) is 25.6 Å². The third-order valence-electron chi connectivity index (χ3n) is 4.59. The van der Waals surface area contributed by atoms with Crippen molar-refractivity contribution in [1.29, 1.82) is 0 Å². The number of aromatic nitrogens is 4. The van der Waals surface area contributed by atoms with Crippen LogP contribution in [0.25, 0.3) is 11.2 Å². The first kappa shape index (κ1) is 14.0. The number of likely N-dealkylation sites (tertiary alicyclic amines) is 1. The van der Waals surface area contributed by atoms with Gasteiger partial charge in [0.15, 0.2) is 5.65 Å². The first-order chi connectivity index (χ1) is 11.2. The maximum atomic E-state index is 13.0. The number of fused-ring (bicyclic) bond motifs is 1. The number of aromatic amines is 1. The minimum Gasteiger partial charge on any atom is -0.353 e. The summed E-state index contributed by atoms with van der Waals surface area (Å²) in [7, 11) is 2.03. The second kappa shape index (κ2) is 5.53. The number of carbonyl (C=O) groups excluding carboxylic acids is 1. The van der Waals surface area contributed by atoms with Gasteiger partial charge in [-0.15, -0.1) is 0 Å². The average Bonchev–Trinajstić information content (AvgIpc) is 3.22. The van der Waals surface area contributed by atoms with Crippen LogP contribution in [0.5, 0.6) is 0 Å². The molecule has 0 radical (unpaired) electrons. The number of pyridine rings is 1. The lowest BCUT2D eigenvalue weighted by Gasteiger charge is -2.36. The molecule has 1 aliphatic heterocycles. The van der Waals surface area contributed by atoms with Gasteiger partial charge in [-0.3, -0.25) is 4.79 Å². The van der Waals surface area contributed by atoms with Crippen molar-refractivity contribution in [3.63, 3.8) is 0 Å². The molecule has 118 valence electrons. The molecule has 3 aromatic rings. The SMILES string of the molecule is Cn1cccc1C1CCCCN1C(=O)c1ccc2[nH]cnc2n1. The molecule has 1 unspecified atom stereocenters. The van der Waals surface area contributed by atoms with Crippen LogP contribution in [0.2, 0.25) is 0 Å². The van der Waals surface area contributed by atoms with Gasteiger partial charge in [-0.05, 0) is 43.5 Å². The lowest BCUT2D eigenvalue weighted by atomic mass is 9.98. The molecule has 0 aliphatic carbocycles. The van der Waals surface area contributed by atoms with Crippen molar-refractivity contribution < 1.29 is 4.79 Å². The standard InChI is InChI=1S/C17H19N5O/c1-21-9-4-6-14(21)15-5-2-3-10-22(15)17(23)13-8-7-12-16(20-13)19-11-18-12/h4,6-9,11,15H,2-3,5,10H2,1H3,(H,18,19,20). The van der Waals surface area contributed by atoms with Crippen molar-refractivity contribution in [2.24, 2.45) is 7.05 Å². The van der Waals surface area contributed by atoms with Crippen molar-refractivity contribution in [2.75, 3.05) is 6.54 Å². The van der Waals surface area contributed by atoms with Crippen LogP contribution in [-0.2, 0) is 7.05 Å². The first-order valence-corrected chi connectivity index (χ1v) is 7.96. The van der Waals surface area contributed by atoms with Gasteiger partial charge in [0, 0.05) is 25.5 Å². The molecule has 6 heteroatoms. The monoisotopic (exact) mass is 309 g/mol. The van der Waals surface area contributed by atoms with Gasteiger partial charge < -0.3 is 14.5 Å². The van der Waals surface area contributed by atoms with Crippen molar-refractivity contribution in [2.45, 2.75) is 25.3 Å². The summed E-state index contributed by atoms with van der Waals surface area (Å²) < 4.78 is 2.10. The Morgan fingerprint density at radius 3 is 3.04 bits per heavy atom. The summed E-state index contributed by atoms with van der Waals surface area (Å²) in [5, 5.41) is 0. The molecular weight excluding hydrogens is 290 g/mol. The van der Waals surface area contributed by atoms with Crippen LogP contribution in [0.15, 0.2) is 36.8 Å². The quantitative estimate of drug-likeness (QED) is 0.791. The predicted molar refractivity (Wildman–Crippen MR) is 86.9 cm³/mol. The summed E-state index contributed by atoms with van der Waals surface area (Å²) in [5.74, 6) is -0.0131. The smallest absolute Gasteiger partial charge is 0.273 e. The molecule has 1 atom stereocenters. The molecule has 23 heavy (non-hydrogen) atoms. The van der Waals surface area contributed by atoms with E-state index in [4.69, 9.17) is 0 Å². The largest absolute Gasteiger partial charge is 0.353 e. The Morgan fingerprint density at radius 2 is 2.22 bits per heavy atom. The summed E-state index contributed by atoms with van der Waals surface area (Å²) in [6.07, 6.45) is 6.80. The van der Waals surface area contributed by atoms with E-state index in [1.54, 1.807) is 12.4 Å². The normalized spacial score (nSPS) is 18.5. The topological polar surface area (TPSA) is 66.8 Å². The summed E-state index contributed by atoms with van der Waals surface area (Å²) >= 11 is 0. The Labute approximate surface area is 134 Å². The van der Waals surface area contributed by atoms with E-state index in [-0.39, 0.29) is 11.9 Å². The van der Waals surface area contributed by atoms with Gasteiger partial charge in [0.25, 0.3) is 5.91 Å². The Bertz CT molecular complexity index is 849. The fourth-order valence-electron chi connectivity index (χ4n) is 3.39. The minimum absolute atomic E-state index is 0.0131. The van der Waals surface area contributed by atoms with Crippen LogP contribution in [-0.4, -0.2) is 36.9 Å². The van der Waals surface area contributed by atoms with Gasteiger partial charge in [0.2, 0.25) is 0 Å². The third-order valence-corrected chi connectivity index (χ3v) is 4.59. The molecule has 4 heterocycles. The van der Waals surface area contributed by atoms with Gasteiger partial charge >= 0.3 is 0 Å². The Balaban J connectivity index is 1.68. The van der Waals surface area contributed by atoms with Crippen molar-refractivity contribution >= 4 is 17.1 Å². The van der Waals surface area contributed by atoms with E-state index in [1.165, 1.54) is 5.69 Å². The highest BCUT2D eigenvalue weighted by Crippen LogP contribution is 2.32. The Morgan fingerprint density at radius 1 is 1.30 bits per heavy atom. The minimum atomic E-state index is -0.0131. The molecule has 0 saturated carbocycles. The predicted octanol–water partition coefficient (Wildman–Crippen LogP) is 2.66. The number of nitrogens with zero attached hydrogens (tertiary/aromatic N) is 4. The van der Waals surface area contributed by atoms with E-state index >= 15 is 0 Å². The lowest BCUT2D eigenvalue weighted by molar-refractivity contribution is 0.0597. The molecular formula is C17H19N5O. The molecule has 1 amide bonds. The van der Waals surface area contributed by atoms with Gasteiger partial charge in [0.05, 0.1) is 17.9 Å². The van der Waals surface area contributed by atoms with Crippen LogP contribution in [0, 0.1) is 0 Å². The molecule has 1 saturated heterocycles. The number of imidazole rings is 1. The van der Waals surface area contributed by atoms with Gasteiger partial charge in [-0.2, -0.15) is 0 Å². The van der Waals surface area contributed by atoms with E-state index in [0.717, 1.165) is 31.3 Å². The third kappa shape index (κ3) is 2.40. The number of H-pyrrole nitrogens is 1. The summed E-state index contributed by atoms with van der Waals surface area (Å²) in [4.78, 5) is 26.5. The lowest BCUT2D eigenvalue weighted by Crippen LogP contribution is -2.39. The van der Waals surface area contributed by atoms with Crippen LogP contribution in [0.1, 0.15) is 41.5 Å². The molecule has 3 aromatic heterocycles. The van der Waals surface area contributed by atoms with Gasteiger partial charge in [0.1, 0.15) is 5.69 Å². The Kier molecular flexibility index (Phi) is 3.37. The molecule has 4 rings (SSSR count). The summed E-state index contributed by atoms with van der Waals surface area (Å²) in [6.45, 7) is 0.773. The van der Waals surface area contributed by atoms with Crippen molar-refractivity contribution in [3.8, 4) is 0 Å². The second-order valence-electron chi connectivity index (χ2n) is 6.02. The van der Waals surface area contributed by atoms with E-state index in [0.29, 0.717) is 11.3 Å². The highest BCUT2D eigenvalue weighted by Gasteiger charge is 2.30. The van der Waals surface area contributed by atoms with E-state index in [1.807, 2.05) is 30.3 Å². The maximum absolute atomic E-state index is 13.0.